The molecule has 0 amide bonds. The summed E-state index contributed by atoms with van der Waals surface area (Å²) in [5, 5.41) is 12.4. The van der Waals surface area contributed by atoms with Crippen LogP contribution in [0.1, 0.15) is 22.9 Å². The van der Waals surface area contributed by atoms with Crippen LogP contribution in [0.25, 0.3) is 11.0 Å². The number of nitrogens with one attached hydrogen (secondary N) is 1. The fraction of sp³-hybridized carbons (Fsp3) is 0.176. The molecule has 3 heterocycles. The molecule has 1 aliphatic heterocycles. The molecule has 2 aromatic heterocycles. The third kappa shape index (κ3) is 2.65. The van der Waals surface area contributed by atoms with Gasteiger partial charge in [0.25, 0.3) is 0 Å². The highest BCUT2D eigenvalue weighted by Gasteiger charge is 2.31. The first kappa shape index (κ1) is 15.2. The molecule has 0 fully saturated rings. The van der Waals surface area contributed by atoms with Gasteiger partial charge in [-0.3, -0.25) is 9.97 Å². The summed E-state index contributed by atoms with van der Waals surface area (Å²) < 4.78 is 0. The number of fused-ring (bicyclic) bond motifs is 1. The van der Waals surface area contributed by atoms with E-state index >= 15 is 0 Å². The molecule has 0 radical (unpaired) electrons. The van der Waals surface area contributed by atoms with Crippen molar-refractivity contribution in [3.63, 3.8) is 0 Å². The maximum Gasteiger partial charge on any atom is 0.189 e. The van der Waals surface area contributed by atoms with Crippen molar-refractivity contribution >= 4 is 45.4 Å². The van der Waals surface area contributed by atoms with Crippen molar-refractivity contribution < 1.29 is 0 Å². The molecule has 24 heavy (non-hydrogen) atoms. The van der Waals surface area contributed by atoms with Crippen LogP contribution in [0.4, 0.5) is 0 Å². The van der Waals surface area contributed by atoms with Crippen LogP contribution in [-0.2, 0) is 0 Å². The Morgan fingerprint density at radius 2 is 2.08 bits per heavy atom. The van der Waals surface area contributed by atoms with Crippen molar-refractivity contribution in [2.24, 2.45) is 5.10 Å². The number of aromatic nitrogens is 2. The molecule has 0 saturated heterocycles. The van der Waals surface area contributed by atoms with E-state index in [-0.39, 0.29) is 6.04 Å². The Hall–Kier alpha value is -2.38. The second kappa shape index (κ2) is 6.26. The summed E-state index contributed by atoms with van der Waals surface area (Å²) in [4.78, 5) is 9.92. The minimum absolute atomic E-state index is 0.0634. The first-order valence-corrected chi connectivity index (χ1v) is 8.88. The van der Waals surface area contributed by atoms with E-state index < -0.39 is 0 Å². The zero-order valence-electron chi connectivity index (χ0n) is 13.0. The van der Waals surface area contributed by atoms with Gasteiger partial charge in [-0.1, -0.05) is 12.1 Å². The Morgan fingerprint density at radius 3 is 2.83 bits per heavy atom. The SMILES string of the molecule is CNC(=S)N1N=C(c2cccs2)C[C@H]1c1ccc2nccnc2c1. The van der Waals surface area contributed by atoms with Gasteiger partial charge in [-0.15, -0.1) is 11.3 Å². The molecular formula is C17H15N5S2. The predicted octanol–water partition coefficient (Wildman–Crippen LogP) is 3.35. The van der Waals surface area contributed by atoms with Gasteiger partial charge in [0.15, 0.2) is 5.11 Å². The number of benzene rings is 1. The Labute approximate surface area is 149 Å². The van der Waals surface area contributed by atoms with E-state index in [2.05, 4.69) is 38.9 Å². The van der Waals surface area contributed by atoms with E-state index in [1.165, 1.54) is 4.88 Å². The molecular weight excluding hydrogens is 338 g/mol. The van der Waals surface area contributed by atoms with Crippen molar-refractivity contribution in [2.75, 3.05) is 7.05 Å². The maximum absolute atomic E-state index is 5.45. The Bertz CT molecular complexity index is 920. The zero-order chi connectivity index (χ0) is 16.5. The lowest BCUT2D eigenvalue weighted by Gasteiger charge is -2.23. The van der Waals surface area contributed by atoms with Gasteiger partial charge in [-0.2, -0.15) is 5.10 Å². The highest BCUT2D eigenvalue weighted by molar-refractivity contribution is 7.80. The van der Waals surface area contributed by atoms with E-state index in [1.54, 1.807) is 23.7 Å². The van der Waals surface area contributed by atoms with Crippen LogP contribution in [0.5, 0.6) is 0 Å². The van der Waals surface area contributed by atoms with Gasteiger partial charge in [0.1, 0.15) is 0 Å². The summed E-state index contributed by atoms with van der Waals surface area (Å²) >= 11 is 7.15. The highest BCUT2D eigenvalue weighted by Crippen LogP contribution is 2.34. The minimum Gasteiger partial charge on any atom is -0.364 e. The topological polar surface area (TPSA) is 53.4 Å². The average molecular weight is 353 g/mol. The third-order valence-corrected chi connectivity index (χ3v) is 5.33. The van der Waals surface area contributed by atoms with Crippen molar-refractivity contribution in [3.05, 3.63) is 58.5 Å². The number of nitrogens with zero attached hydrogens (tertiary/aromatic N) is 4. The molecule has 3 aromatic rings. The predicted molar refractivity (Wildman–Crippen MR) is 101 cm³/mol. The summed E-state index contributed by atoms with van der Waals surface area (Å²) in [6, 6.07) is 10.4. The smallest absolute Gasteiger partial charge is 0.189 e. The molecule has 120 valence electrons. The normalized spacial score (nSPS) is 17.1. The van der Waals surface area contributed by atoms with Crippen molar-refractivity contribution in [3.8, 4) is 0 Å². The second-order valence-corrected chi connectivity index (χ2v) is 6.78. The van der Waals surface area contributed by atoms with Gasteiger partial charge < -0.3 is 5.32 Å². The largest absolute Gasteiger partial charge is 0.364 e. The number of thiophene rings is 1. The number of hydrazone groups is 1. The van der Waals surface area contributed by atoms with E-state index in [4.69, 9.17) is 17.3 Å². The summed E-state index contributed by atoms with van der Waals surface area (Å²) in [7, 11) is 1.82. The molecule has 0 aliphatic carbocycles. The number of thiocarbonyl (C=S) groups is 1. The minimum atomic E-state index is 0.0634. The number of rotatable bonds is 2. The van der Waals surface area contributed by atoms with Crippen molar-refractivity contribution in [2.45, 2.75) is 12.5 Å². The van der Waals surface area contributed by atoms with Crippen LogP contribution in [0.2, 0.25) is 0 Å². The fourth-order valence-electron chi connectivity index (χ4n) is 2.85. The molecule has 1 atom stereocenters. The molecule has 0 saturated carbocycles. The zero-order valence-corrected chi connectivity index (χ0v) is 14.6. The Kier molecular flexibility index (Phi) is 3.95. The summed E-state index contributed by atoms with van der Waals surface area (Å²) in [5.41, 5.74) is 3.97. The van der Waals surface area contributed by atoms with Gasteiger partial charge >= 0.3 is 0 Å². The summed E-state index contributed by atoms with van der Waals surface area (Å²) in [6.07, 6.45) is 4.23. The van der Waals surface area contributed by atoms with Crippen LogP contribution in [0.15, 0.2) is 53.2 Å². The standard InChI is InChI=1S/C17H15N5S2/c1-18-17(23)22-15(10-14(21-22)16-3-2-8-24-16)11-4-5-12-13(9-11)20-7-6-19-12/h2-9,15H,10H2,1H3,(H,18,23)/t15-/m0/s1. The van der Waals surface area contributed by atoms with Crippen LogP contribution >= 0.6 is 23.6 Å². The first-order chi connectivity index (χ1) is 11.8. The first-order valence-electron chi connectivity index (χ1n) is 7.59. The maximum atomic E-state index is 5.45. The monoisotopic (exact) mass is 353 g/mol. The molecule has 1 N–H and O–H groups in total. The highest BCUT2D eigenvalue weighted by atomic mass is 32.1. The molecule has 0 bridgehead atoms. The fourth-order valence-corrected chi connectivity index (χ4v) is 3.74. The molecule has 0 spiro atoms. The Balaban J connectivity index is 1.73. The number of hydrogen-bond donors (Lipinski definition) is 1. The van der Waals surface area contributed by atoms with E-state index in [0.717, 1.165) is 28.7 Å². The molecule has 0 unspecified atom stereocenters. The van der Waals surface area contributed by atoms with E-state index in [1.807, 2.05) is 24.2 Å². The van der Waals surface area contributed by atoms with Crippen molar-refractivity contribution in [1.29, 1.82) is 0 Å². The average Bonchev–Trinajstić information content (AvgIpc) is 3.30. The lowest BCUT2D eigenvalue weighted by atomic mass is 10.0. The Morgan fingerprint density at radius 1 is 1.25 bits per heavy atom. The molecule has 1 aliphatic rings. The van der Waals surface area contributed by atoms with Crippen LogP contribution in [0, 0.1) is 0 Å². The van der Waals surface area contributed by atoms with Crippen LogP contribution in [0.3, 0.4) is 0 Å². The van der Waals surface area contributed by atoms with E-state index in [9.17, 15) is 0 Å². The van der Waals surface area contributed by atoms with Gasteiger partial charge in [-0.05, 0) is 41.4 Å². The van der Waals surface area contributed by atoms with Crippen LogP contribution < -0.4 is 5.32 Å². The van der Waals surface area contributed by atoms with Crippen molar-refractivity contribution in [1.82, 2.24) is 20.3 Å². The quantitative estimate of drug-likeness (QED) is 0.716. The van der Waals surface area contributed by atoms with Gasteiger partial charge in [0.2, 0.25) is 0 Å². The van der Waals surface area contributed by atoms with E-state index in [0.29, 0.717) is 5.11 Å². The van der Waals surface area contributed by atoms with Gasteiger partial charge in [0.05, 0.1) is 27.7 Å². The number of hydrogen-bond acceptors (Lipinski definition) is 5. The molecule has 1 aromatic carbocycles. The summed E-state index contributed by atoms with van der Waals surface area (Å²) in [5.74, 6) is 0. The lowest BCUT2D eigenvalue weighted by molar-refractivity contribution is 0.367. The van der Waals surface area contributed by atoms with Crippen LogP contribution in [-0.4, -0.2) is 32.8 Å². The molecule has 4 rings (SSSR count). The molecule has 5 nitrogen and oxygen atoms in total. The molecule has 7 heteroatoms. The summed E-state index contributed by atoms with van der Waals surface area (Å²) in [6.45, 7) is 0. The lowest BCUT2D eigenvalue weighted by Crippen LogP contribution is -2.34. The second-order valence-electron chi connectivity index (χ2n) is 5.45. The van der Waals surface area contributed by atoms with Gasteiger partial charge in [-0.25, -0.2) is 5.01 Å². The van der Waals surface area contributed by atoms with Gasteiger partial charge in [0, 0.05) is 25.9 Å². The third-order valence-electron chi connectivity index (χ3n) is 4.02.